The molecular formula is C16H24N2O2. The van der Waals surface area contributed by atoms with Crippen molar-refractivity contribution in [2.24, 2.45) is 0 Å². The normalized spacial score (nSPS) is 10.2. The van der Waals surface area contributed by atoms with E-state index in [2.05, 4.69) is 0 Å². The van der Waals surface area contributed by atoms with E-state index in [-0.39, 0.29) is 11.8 Å². The van der Waals surface area contributed by atoms with E-state index in [4.69, 9.17) is 0 Å². The first-order chi connectivity index (χ1) is 9.52. The van der Waals surface area contributed by atoms with E-state index in [1.807, 2.05) is 30.3 Å². The number of para-hydroxylation sites is 1. The summed E-state index contributed by atoms with van der Waals surface area (Å²) in [7, 11) is 5.33. The van der Waals surface area contributed by atoms with Crippen molar-refractivity contribution in [3.8, 4) is 0 Å². The fourth-order valence-electron chi connectivity index (χ4n) is 1.92. The van der Waals surface area contributed by atoms with Crippen molar-refractivity contribution >= 4 is 17.5 Å². The van der Waals surface area contributed by atoms with E-state index >= 15 is 0 Å². The highest BCUT2D eigenvalue weighted by Crippen LogP contribution is 2.13. The molecule has 0 aliphatic heterocycles. The molecule has 1 rings (SSSR count). The Bertz CT molecular complexity index is 429. The molecule has 0 unspecified atom stereocenters. The smallest absolute Gasteiger partial charge is 0.226 e. The Morgan fingerprint density at radius 3 is 1.95 bits per heavy atom. The van der Waals surface area contributed by atoms with Gasteiger partial charge in [-0.3, -0.25) is 9.59 Å². The van der Waals surface area contributed by atoms with Crippen LogP contribution in [0.2, 0.25) is 0 Å². The number of amides is 2. The number of anilines is 1. The van der Waals surface area contributed by atoms with Gasteiger partial charge in [0.2, 0.25) is 11.8 Å². The lowest BCUT2D eigenvalue weighted by Crippen LogP contribution is -2.25. The molecule has 2 amide bonds. The van der Waals surface area contributed by atoms with Crippen LogP contribution in [-0.4, -0.2) is 37.9 Å². The topological polar surface area (TPSA) is 40.6 Å². The summed E-state index contributed by atoms with van der Waals surface area (Å²) in [5, 5.41) is 0. The third-order valence-electron chi connectivity index (χ3n) is 3.30. The van der Waals surface area contributed by atoms with Gasteiger partial charge in [-0.25, -0.2) is 0 Å². The van der Waals surface area contributed by atoms with Crippen molar-refractivity contribution in [1.29, 1.82) is 0 Å². The highest BCUT2D eigenvalue weighted by Gasteiger charge is 2.10. The van der Waals surface area contributed by atoms with E-state index in [9.17, 15) is 9.59 Å². The number of carbonyl (C=O) groups excluding carboxylic acids is 2. The van der Waals surface area contributed by atoms with Crippen molar-refractivity contribution in [1.82, 2.24) is 4.90 Å². The largest absolute Gasteiger partial charge is 0.349 e. The van der Waals surface area contributed by atoms with Crippen molar-refractivity contribution in [3.63, 3.8) is 0 Å². The quantitative estimate of drug-likeness (QED) is 0.718. The molecule has 0 atom stereocenters. The molecule has 4 nitrogen and oxygen atoms in total. The molecule has 0 N–H and O–H groups in total. The lowest BCUT2D eigenvalue weighted by molar-refractivity contribution is -0.128. The maximum atomic E-state index is 12.0. The summed E-state index contributed by atoms with van der Waals surface area (Å²) in [5.74, 6) is 0.271. The Kier molecular flexibility index (Phi) is 6.77. The molecule has 110 valence electrons. The molecule has 0 bridgehead atoms. The van der Waals surface area contributed by atoms with E-state index in [1.165, 1.54) is 0 Å². The molecule has 0 saturated carbocycles. The molecule has 0 heterocycles. The molecule has 0 radical (unpaired) electrons. The Morgan fingerprint density at radius 1 is 0.850 bits per heavy atom. The summed E-state index contributed by atoms with van der Waals surface area (Å²) < 4.78 is 0. The Hall–Kier alpha value is -1.84. The van der Waals surface area contributed by atoms with Crippen molar-refractivity contribution in [3.05, 3.63) is 30.3 Å². The molecule has 0 aromatic heterocycles. The number of rotatable bonds is 7. The van der Waals surface area contributed by atoms with Crippen LogP contribution in [0.4, 0.5) is 5.69 Å². The molecule has 0 fully saturated rings. The summed E-state index contributed by atoms with van der Waals surface area (Å²) >= 11 is 0. The van der Waals surface area contributed by atoms with Crippen LogP contribution in [-0.2, 0) is 9.59 Å². The number of hydrogen-bond donors (Lipinski definition) is 0. The predicted octanol–water partition coefficient (Wildman–Crippen LogP) is 2.69. The number of benzene rings is 1. The zero-order valence-electron chi connectivity index (χ0n) is 12.6. The number of carbonyl (C=O) groups is 2. The first-order valence-corrected chi connectivity index (χ1v) is 7.04. The summed E-state index contributed by atoms with van der Waals surface area (Å²) in [4.78, 5) is 26.7. The fourth-order valence-corrected chi connectivity index (χ4v) is 1.92. The van der Waals surface area contributed by atoms with Crippen LogP contribution in [0.1, 0.15) is 32.1 Å². The fraction of sp³-hybridized carbons (Fsp3) is 0.500. The molecule has 0 aliphatic rings. The SMILES string of the molecule is CN(C)C(=O)CCCCCC(=O)N(C)c1ccccc1. The van der Waals surface area contributed by atoms with E-state index in [0.717, 1.165) is 24.9 Å². The molecular weight excluding hydrogens is 252 g/mol. The van der Waals surface area contributed by atoms with Gasteiger partial charge >= 0.3 is 0 Å². The van der Waals surface area contributed by atoms with Gasteiger partial charge in [0.05, 0.1) is 0 Å². The van der Waals surface area contributed by atoms with Crippen molar-refractivity contribution < 1.29 is 9.59 Å². The Labute approximate surface area is 121 Å². The first kappa shape index (κ1) is 16.2. The lowest BCUT2D eigenvalue weighted by atomic mass is 10.1. The van der Waals surface area contributed by atoms with E-state index in [0.29, 0.717) is 12.8 Å². The van der Waals surface area contributed by atoms with Gasteiger partial charge < -0.3 is 9.80 Å². The third-order valence-corrected chi connectivity index (χ3v) is 3.30. The number of hydrogen-bond acceptors (Lipinski definition) is 2. The average Bonchev–Trinajstić information content (AvgIpc) is 2.46. The van der Waals surface area contributed by atoms with Gasteiger partial charge in [-0.1, -0.05) is 24.6 Å². The van der Waals surface area contributed by atoms with Gasteiger partial charge in [0.25, 0.3) is 0 Å². The maximum absolute atomic E-state index is 12.0. The molecule has 0 saturated heterocycles. The third kappa shape index (κ3) is 5.43. The van der Waals surface area contributed by atoms with Crippen LogP contribution in [0.5, 0.6) is 0 Å². The Balaban J connectivity index is 2.22. The van der Waals surface area contributed by atoms with Gasteiger partial charge in [-0.15, -0.1) is 0 Å². The number of nitrogens with zero attached hydrogens (tertiary/aromatic N) is 2. The van der Waals surface area contributed by atoms with Crippen LogP contribution >= 0.6 is 0 Å². The minimum absolute atomic E-state index is 0.120. The minimum Gasteiger partial charge on any atom is -0.349 e. The van der Waals surface area contributed by atoms with Gasteiger partial charge in [0, 0.05) is 39.7 Å². The van der Waals surface area contributed by atoms with Crippen molar-refractivity contribution in [2.75, 3.05) is 26.0 Å². The van der Waals surface area contributed by atoms with Crippen LogP contribution in [0.15, 0.2) is 30.3 Å². The highest BCUT2D eigenvalue weighted by atomic mass is 16.2. The van der Waals surface area contributed by atoms with Gasteiger partial charge in [-0.2, -0.15) is 0 Å². The van der Waals surface area contributed by atoms with E-state index < -0.39 is 0 Å². The van der Waals surface area contributed by atoms with Crippen LogP contribution in [0.25, 0.3) is 0 Å². The lowest BCUT2D eigenvalue weighted by Gasteiger charge is -2.17. The van der Waals surface area contributed by atoms with Crippen LogP contribution in [0.3, 0.4) is 0 Å². The summed E-state index contributed by atoms with van der Waals surface area (Å²) in [5.41, 5.74) is 0.917. The average molecular weight is 276 g/mol. The van der Waals surface area contributed by atoms with Gasteiger partial charge in [0.1, 0.15) is 0 Å². The molecule has 0 aliphatic carbocycles. The zero-order chi connectivity index (χ0) is 15.0. The second-order valence-electron chi connectivity index (χ2n) is 5.14. The highest BCUT2D eigenvalue weighted by molar-refractivity contribution is 5.92. The van der Waals surface area contributed by atoms with E-state index in [1.54, 1.807) is 30.9 Å². The molecule has 20 heavy (non-hydrogen) atoms. The number of unbranched alkanes of at least 4 members (excludes halogenated alkanes) is 2. The summed E-state index contributed by atoms with van der Waals surface area (Å²) in [6.07, 6.45) is 3.68. The first-order valence-electron chi connectivity index (χ1n) is 7.04. The predicted molar refractivity (Wildman–Crippen MR) is 81.6 cm³/mol. The van der Waals surface area contributed by atoms with Gasteiger partial charge in [0.15, 0.2) is 0 Å². The molecule has 1 aromatic rings. The second kappa shape index (κ2) is 8.35. The monoisotopic (exact) mass is 276 g/mol. The molecule has 0 spiro atoms. The zero-order valence-corrected chi connectivity index (χ0v) is 12.6. The maximum Gasteiger partial charge on any atom is 0.226 e. The van der Waals surface area contributed by atoms with Crippen molar-refractivity contribution in [2.45, 2.75) is 32.1 Å². The molecule has 4 heteroatoms. The minimum atomic E-state index is 0.120. The summed E-state index contributed by atoms with van der Waals surface area (Å²) in [6.45, 7) is 0. The standard InChI is InChI=1S/C16H24N2O2/c1-17(2)15(19)12-8-5-9-13-16(20)18(3)14-10-6-4-7-11-14/h4,6-7,10-11H,5,8-9,12-13H2,1-3H3. The second-order valence-corrected chi connectivity index (χ2v) is 5.14. The Morgan fingerprint density at radius 2 is 1.40 bits per heavy atom. The summed E-state index contributed by atoms with van der Waals surface area (Å²) in [6, 6.07) is 9.63. The van der Waals surface area contributed by atoms with Crippen LogP contribution < -0.4 is 4.90 Å². The van der Waals surface area contributed by atoms with Crippen LogP contribution in [0, 0.1) is 0 Å². The molecule has 1 aromatic carbocycles. The van der Waals surface area contributed by atoms with Gasteiger partial charge in [-0.05, 0) is 25.0 Å².